The Labute approximate surface area is 188 Å². The summed E-state index contributed by atoms with van der Waals surface area (Å²) in [6.07, 6.45) is 1.50. The highest BCUT2D eigenvalue weighted by molar-refractivity contribution is 6.30. The van der Waals surface area contributed by atoms with E-state index in [1.54, 1.807) is 34.1 Å². The first-order valence-electron chi connectivity index (χ1n) is 10.7. The van der Waals surface area contributed by atoms with Gasteiger partial charge in [0.05, 0.1) is 0 Å². The van der Waals surface area contributed by atoms with E-state index in [1.807, 2.05) is 32.7 Å². The molecule has 9 heteroatoms. The summed E-state index contributed by atoms with van der Waals surface area (Å²) in [4.78, 5) is 43.6. The maximum absolute atomic E-state index is 13.3. The Morgan fingerprint density at radius 3 is 2.19 bits per heavy atom. The van der Waals surface area contributed by atoms with Crippen LogP contribution in [0.2, 0.25) is 5.02 Å². The standard InChI is InChI=1S/C22H32ClN5O3/c1-22(2,3)18(25-20(30)24-16-7-5-15(23)6-8-16)19(29)27-11-9-17(10-12-27)28-14-13-26(4)21(28)31/h5-8,17-18H,9-14H2,1-4H3,(H2,24,25,30). The number of likely N-dealkylation sites (N-methyl/N-ethyl adjacent to an activating group) is 1. The van der Waals surface area contributed by atoms with E-state index in [4.69, 9.17) is 11.6 Å². The Bertz CT molecular complexity index is 815. The molecule has 0 bridgehead atoms. The van der Waals surface area contributed by atoms with Gasteiger partial charge in [-0.3, -0.25) is 4.79 Å². The Kier molecular flexibility index (Phi) is 6.99. The van der Waals surface area contributed by atoms with Gasteiger partial charge < -0.3 is 25.3 Å². The van der Waals surface area contributed by atoms with Crippen LogP contribution < -0.4 is 10.6 Å². The molecule has 0 aliphatic carbocycles. The number of likely N-dealkylation sites (tertiary alicyclic amines) is 1. The number of anilines is 1. The van der Waals surface area contributed by atoms with Gasteiger partial charge >= 0.3 is 12.1 Å². The summed E-state index contributed by atoms with van der Waals surface area (Å²) in [7, 11) is 1.82. The summed E-state index contributed by atoms with van der Waals surface area (Å²) in [5.41, 5.74) is 0.141. The number of halogens is 1. The second-order valence-electron chi connectivity index (χ2n) is 9.36. The predicted molar refractivity (Wildman–Crippen MR) is 121 cm³/mol. The summed E-state index contributed by atoms with van der Waals surface area (Å²) < 4.78 is 0. The number of carbonyl (C=O) groups is 3. The average Bonchev–Trinajstić information content (AvgIpc) is 3.05. The Hall–Kier alpha value is -2.48. The van der Waals surface area contributed by atoms with E-state index in [2.05, 4.69) is 10.6 Å². The predicted octanol–water partition coefficient (Wildman–Crippen LogP) is 3.23. The number of hydrogen-bond acceptors (Lipinski definition) is 3. The summed E-state index contributed by atoms with van der Waals surface area (Å²) >= 11 is 5.88. The van der Waals surface area contributed by atoms with Crippen LogP contribution in [0.25, 0.3) is 0 Å². The number of urea groups is 2. The largest absolute Gasteiger partial charge is 0.341 e. The molecule has 2 heterocycles. The molecule has 1 aromatic rings. The van der Waals surface area contributed by atoms with E-state index >= 15 is 0 Å². The lowest BCUT2D eigenvalue weighted by atomic mass is 9.85. The third-order valence-corrected chi connectivity index (χ3v) is 6.21. The zero-order valence-corrected chi connectivity index (χ0v) is 19.4. The number of nitrogens with zero attached hydrogens (tertiary/aromatic N) is 3. The molecule has 1 atom stereocenters. The molecule has 2 aliphatic rings. The smallest absolute Gasteiger partial charge is 0.320 e. The molecule has 5 amide bonds. The monoisotopic (exact) mass is 449 g/mol. The van der Waals surface area contributed by atoms with E-state index < -0.39 is 17.5 Å². The van der Waals surface area contributed by atoms with Crippen molar-refractivity contribution >= 4 is 35.3 Å². The Morgan fingerprint density at radius 2 is 1.68 bits per heavy atom. The van der Waals surface area contributed by atoms with Crippen LogP contribution in [0.3, 0.4) is 0 Å². The minimum Gasteiger partial charge on any atom is -0.341 e. The molecule has 2 N–H and O–H groups in total. The van der Waals surface area contributed by atoms with Gasteiger partial charge in [0.1, 0.15) is 6.04 Å². The highest BCUT2D eigenvalue weighted by atomic mass is 35.5. The first-order valence-corrected chi connectivity index (χ1v) is 11.1. The first kappa shape index (κ1) is 23.2. The summed E-state index contributed by atoms with van der Waals surface area (Å²) in [6, 6.07) is 5.92. The van der Waals surface area contributed by atoms with Crippen LogP contribution in [0.15, 0.2) is 24.3 Å². The molecule has 0 radical (unpaired) electrons. The molecular formula is C22H32ClN5O3. The Morgan fingerprint density at radius 1 is 1.06 bits per heavy atom. The van der Waals surface area contributed by atoms with E-state index in [-0.39, 0.29) is 18.0 Å². The lowest BCUT2D eigenvalue weighted by molar-refractivity contribution is -0.137. The second-order valence-corrected chi connectivity index (χ2v) is 9.79. The summed E-state index contributed by atoms with van der Waals surface area (Å²) in [5.74, 6) is -0.0953. The number of piperidine rings is 1. The fourth-order valence-corrected chi connectivity index (χ4v) is 4.19. The van der Waals surface area contributed by atoms with Crippen LogP contribution in [0.5, 0.6) is 0 Å². The maximum atomic E-state index is 13.3. The van der Waals surface area contributed by atoms with Crippen LogP contribution in [-0.2, 0) is 4.79 Å². The minimum absolute atomic E-state index is 0.0675. The number of nitrogens with one attached hydrogen (secondary N) is 2. The van der Waals surface area contributed by atoms with Gasteiger partial charge in [-0.1, -0.05) is 32.4 Å². The van der Waals surface area contributed by atoms with E-state index in [1.165, 1.54) is 0 Å². The molecule has 1 unspecified atom stereocenters. The number of benzene rings is 1. The molecule has 2 fully saturated rings. The number of carbonyl (C=O) groups excluding carboxylic acids is 3. The highest BCUT2D eigenvalue weighted by Crippen LogP contribution is 2.25. The molecule has 0 saturated carbocycles. The fraction of sp³-hybridized carbons (Fsp3) is 0.591. The SMILES string of the molecule is CN1CCN(C2CCN(C(=O)C(NC(=O)Nc3ccc(Cl)cc3)C(C)(C)C)CC2)C1=O. The van der Waals surface area contributed by atoms with Gasteiger partial charge in [0.15, 0.2) is 0 Å². The molecule has 8 nitrogen and oxygen atoms in total. The molecule has 0 spiro atoms. The molecule has 2 aliphatic heterocycles. The molecular weight excluding hydrogens is 418 g/mol. The summed E-state index contributed by atoms with van der Waals surface area (Å²) in [6.45, 7) is 8.44. The zero-order chi connectivity index (χ0) is 22.8. The van der Waals surface area contributed by atoms with Gasteiger partial charge in [-0.25, -0.2) is 9.59 Å². The van der Waals surface area contributed by atoms with Gasteiger partial charge in [-0.15, -0.1) is 0 Å². The van der Waals surface area contributed by atoms with Crippen molar-refractivity contribution in [1.29, 1.82) is 0 Å². The van der Waals surface area contributed by atoms with Crippen LogP contribution in [0, 0.1) is 5.41 Å². The zero-order valence-electron chi connectivity index (χ0n) is 18.7. The van der Waals surface area contributed by atoms with Crippen molar-refractivity contribution in [2.75, 3.05) is 38.5 Å². The van der Waals surface area contributed by atoms with Gasteiger partial charge in [-0.2, -0.15) is 0 Å². The summed E-state index contributed by atoms with van der Waals surface area (Å²) in [5, 5.41) is 6.19. The Balaban J connectivity index is 1.59. The normalized spacial score (nSPS) is 18.9. The average molecular weight is 450 g/mol. The molecule has 170 valence electrons. The number of hydrogen-bond donors (Lipinski definition) is 2. The van der Waals surface area contributed by atoms with E-state index in [0.29, 0.717) is 23.8 Å². The van der Waals surface area contributed by atoms with E-state index in [0.717, 1.165) is 25.9 Å². The van der Waals surface area contributed by atoms with E-state index in [9.17, 15) is 14.4 Å². The molecule has 0 aromatic heterocycles. The quantitative estimate of drug-likeness (QED) is 0.740. The lowest BCUT2D eigenvalue weighted by Crippen LogP contribution is -2.58. The molecule has 1 aromatic carbocycles. The van der Waals surface area contributed by atoms with Gasteiger partial charge in [0, 0.05) is 50.0 Å². The molecule has 2 saturated heterocycles. The van der Waals surface area contributed by atoms with Crippen molar-refractivity contribution in [1.82, 2.24) is 20.0 Å². The van der Waals surface area contributed by atoms with Crippen molar-refractivity contribution in [2.45, 2.75) is 45.7 Å². The second kappa shape index (κ2) is 9.34. The maximum Gasteiger partial charge on any atom is 0.320 e. The van der Waals surface area contributed by atoms with Crippen molar-refractivity contribution in [2.24, 2.45) is 5.41 Å². The van der Waals surface area contributed by atoms with Crippen molar-refractivity contribution in [3.63, 3.8) is 0 Å². The third kappa shape index (κ3) is 5.61. The third-order valence-electron chi connectivity index (χ3n) is 5.96. The van der Waals surface area contributed by atoms with Gasteiger partial charge in [-0.05, 0) is 42.5 Å². The van der Waals surface area contributed by atoms with Crippen molar-refractivity contribution < 1.29 is 14.4 Å². The lowest BCUT2D eigenvalue weighted by Gasteiger charge is -2.40. The highest BCUT2D eigenvalue weighted by Gasteiger charge is 2.39. The number of amides is 5. The van der Waals surface area contributed by atoms with Crippen LogP contribution >= 0.6 is 11.6 Å². The van der Waals surface area contributed by atoms with Crippen LogP contribution in [0.1, 0.15) is 33.6 Å². The van der Waals surface area contributed by atoms with Gasteiger partial charge in [0.2, 0.25) is 5.91 Å². The van der Waals surface area contributed by atoms with Crippen molar-refractivity contribution in [3.8, 4) is 0 Å². The topological polar surface area (TPSA) is 85.0 Å². The number of rotatable bonds is 4. The van der Waals surface area contributed by atoms with Crippen molar-refractivity contribution in [3.05, 3.63) is 29.3 Å². The molecule has 3 rings (SSSR count). The van der Waals surface area contributed by atoms with Gasteiger partial charge in [0.25, 0.3) is 0 Å². The minimum atomic E-state index is -0.670. The van der Waals surface area contributed by atoms with Crippen LogP contribution in [-0.4, -0.2) is 78.0 Å². The first-order chi connectivity index (χ1) is 14.6. The molecule has 31 heavy (non-hydrogen) atoms. The fourth-order valence-electron chi connectivity index (χ4n) is 4.07. The van der Waals surface area contributed by atoms with Crippen LogP contribution in [0.4, 0.5) is 15.3 Å².